The summed E-state index contributed by atoms with van der Waals surface area (Å²) < 4.78 is 40.8. The van der Waals surface area contributed by atoms with Crippen LogP contribution in [0.2, 0.25) is 5.02 Å². The maximum Gasteiger partial charge on any atom is 0.243 e. The first kappa shape index (κ1) is 16.4. The van der Waals surface area contributed by atoms with E-state index in [4.69, 9.17) is 11.6 Å². The maximum absolute atomic E-state index is 14.2. The van der Waals surface area contributed by atoms with E-state index in [-0.39, 0.29) is 23.2 Å². The van der Waals surface area contributed by atoms with Crippen LogP contribution in [0.3, 0.4) is 0 Å². The van der Waals surface area contributed by atoms with Crippen LogP contribution in [0.5, 0.6) is 0 Å². The monoisotopic (exact) mass is 308 g/mol. The molecule has 0 radical (unpaired) electrons. The molecule has 1 aromatic carbocycles. The van der Waals surface area contributed by atoms with Crippen molar-refractivity contribution in [3.05, 3.63) is 28.5 Å². The van der Waals surface area contributed by atoms with Gasteiger partial charge in [0.25, 0.3) is 0 Å². The Morgan fingerprint density at radius 2 is 2.05 bits per heavy atom. The molecule has 1 aromatic rings. The van der Waals surface area contributed by atoms with Crippen LogP contribution in [0.15, 0.2) is 17.0 Å². The molecule has 0 fully saturated rings. The Kier molecular flexibility index (Phi) is 5.73. The molecule has 0 aliphatic rings. The lowest BCUT2D eigenvalue weighted by Gasteiger charge is -2.14. The fourth-order valence-electron chi connectivity index (χ4n) is 1.54. The van der Waals surface area contributed by atoms with Crippen LogP contribution in [-0.2, 0) is 16.6 Å². The molecular formula is C12H18ClFN2O2S. The lowest BCUT2D eigenvalue weighted by molar-refractivity contribution is 0.533. The zero-order valence-electron chi connectivity index (χ0n) is 11.1. The van der Waals surface area contributed by atoms with Crippen molar-refractivity contribution < 1.29 is 12.8 Å². The summed E-state index contributed by atoms with van der Waals surface area (Å²) >= 11 is 5.85. The second-order valence-corrected chi connectivity index (χ2v) is 6.46. The van der Waals surface area contributed by atoms with Crippen molar-refractivity contribution in [1.82, 2.24) is 10.0 Å². The molecular weight excluding hydrogens is 291 g/mol. The average Bonchev–Trinajstić information content (AvgIpc) is 2.32. The van der Waals surface area contributed by atoms with Crippen molar-refractivity contribution in [1.29, 1.82) is 0 Å². The Balaban J connectivity index is 3.26. The van der Waals surface area contributed by atoms with Crippen molar-refractivity contribution in [3.63, 3.8) is 0 Å². The smallest absolute Gasteiger partial charge is 0.243 e. The highest BCUT2D eigenvalue weighted by atomic mass is 35.5. The topological polar surface area (TPSA) is 58.2 Å². The first-order valence-corrected chi connectivity index (χ1v) is 7.82. The number of sulfonamides is 1. The Hall–Kier alpha value is -0.690. The van der Waals surface area contributed by atoms with E-state index in [9.17, 15) is 12.8 Å². The Bertz CT molecular complexity index is 549. The molecule has 7 heteroatoms. The summed E-state index contributed by atoms with van der Waals surface area (Å²) in [5, 5.41) is 2.96. The van der Waals surface area contributed by atoms with Crippen LogP contribution < -0.4 is 10.0 Å². The van der Waals surface area contributed by atoms with Crippen molar-refractivity contribution in [2.45, 2.75) is 37.8 Å². The summed E-state index contributed by atoms with van der Waals surface area (Å²) in [6.45, 7) is 3.76. The van der Waals surface area contributed by atoms with Crippen LogP contribution in [0.1, 0.15) is 25.8 Å². The fraction of sp³-hybridized carbons (Fsp3) is 0.500. The molecule has 0 bridgehead atoms. The quantitative estimate of drug-likeness (QED) is 0.847. The van der Waals surface area contributed by atoms with E-state index in [2.05, 4.69) is 10.0 Å². The zero-order chi connectivity index (χ0) is 14.6. The van der Waals surface area contributed by atoms with Crippen molar-refractivity contribution in [2.24, 2.45) is 0 Å². The predicted molar refractivity (Wildman–Crippen MR) is 74.2 cm³/mol. The number of hydrogen-bond acceptors (Lipinski definition) is 3. The highest BCUT2D eigenvalue weighted by Gasteiger charge is 2.23. The summed E-state index contributed by atoms with van der Waals surface area (Å²) in [6.07, 6.45) is 0.616. The number of halogens is 2. The third kappa shape index (κ3) is 4.14. The number of hydrogen-bond donors (Lipinski definition) is 2. The van der Waals surface area contributed by atoms with Gasteiger partial charge >= 0.3 is 0 Å². The Labute approximate surface area is 118 Å². The van der Waals surface area contributed by atoms with E-state index in [1.165, 1.54) is 6.07 Å². The van der Waals surface area contributed by atoms with Gasteiger partial charge in [-0.3, -0.25) is 0 Å². The third-order valence-electron chi connectivity index (χ3n) is 2.70. The molecule has 0 spiro atoms. The van der Waals surface area contributed by atoms with Crippen LogP contribution in [-0.4, -0.2) is 21.5 Å². The van der Waals surface area contributed by atoms with Crippen molar-refractivity contribution in [2.75, 3.05) is 7.05 Å². The van der Waals surface area contributed by atoms with Gasteiger partial charge in [-0.05, 0) is 32.5 Å². The van der Waals surface area contributed by atoms with Crippen LogP contribution in [0.4, 0.5) is 4.39 Å². The molecule has 2 N–H and O–H groups in total. The standard InChI is InChI=1S/C12H18ClFN2O2S/c1-4-8(2)16-19(17,18)11-6-10(13)5-9(7-15-3)12(11)14/h5-6,8,15-16H,4,7H2,1-3H3. The number of rotatable bonds is 6. The predicted octanol–water partition coefficient (Wildman–Crippen LogP) is 2.28. The maximum atomic E-state index is 14.2. The van der Waals surface area contributed by atoms with Crippen molar-refractivity contribution in [3.8, 4) is 0 Å². The molecule has 0 heterocycles. The lowest BCUT2D eigenvalue weighted by Crippen LogP contribution is -2.32. The minimum absolute atomic E-state index is 0.191. The van der Waals surface area contributed by atoms with E-state index >= 15 is 0 Å². The second-order valence-electron chi connectivity index (χ2n) is 4.34. The molecule has 1 rings (SSSR count). The highest BCUT2D eigenvalue weighted by Crippen LogP contribution is 2.24. The first-order valence-electron chi connectivity index (χ1n) is 5.96. The van der Waals surface area contributed by atoms with Gasteiger partial charge in [-0.2, -0.15) is 0 Å². The lowest BCUT2D eigenvalue weighted by atomic mass is 10.2. The fourth-order valence-corrected chi connectivity index (χ4v) is 3.32. The zero-order valence-corrected chi connectivity index (χ0v) is 12.7. The van der Waals surface area contributed by atoms with E-state index in [1.807, 2.05) is 6.92 Å². The molecule has 0 aliphatic carbocycles. The first-order chi connectivity index (χ1) is 8.81. The summed E-state index contributed by atoms with van der Waals surface area (Å²) in [4.78, 5) is -0.412. The van der Waals surface area contributed by atoms with Gasteiger partial charge in [0.05, 0.1) is 0 Å². The summed E-state index contributed by atoms with van der Waals surface area (Å²) in [5.74, 6) is -0.769. The molecule has 0 aromatic heterocycles. The minimum Gasteiger partial charge on any atom is -0.316 e. The van der Waals surface area contributed by atoms with Crippen LogP contribution in [0.25, 0.3) is 0 Å². The van der Waals surface area contributed by atoms with E-state index in [0.717, 1.165) is 6.07 Å². The Morgan fingerprint density at radius 3 is 2.58 bits per heavy atom. The molecule has 0 aliphatic heterocycles. The second kappa shape index (κ2) is 6.65. The molecule has 19 heavy (non-hydrogen) atoms. The molecule has 0 amide bonds. The van der Waals surface area contributed by atoms with E-state index in [0.29, 0.717) is 6.42 Å². The molecule has 0 saturated heterocycles. The summed E-state index contributed by atoms with van der Waals surface area (Å²) in [6, 6.07) is 2.27. The number of benzene rings is 1. The SMILES string of the molecule is CCC(C)NS(=O)(=O)c1cc(Cl)cc(CNC)c1F. The van der Waals surface area contributed by atoms with Gasteiger partial charge in [0.15, 0.2) is 0 Å². The molecule has 1 unspecified atom stereocenters. The molecule has 4 nitrogen and oxygen atoms in total. The Morgan fingerprint density at radius 1 is 1.42 bits per heavy atom. The van der Waals surface area contributed by atoms with Crippen LogP contribution in [0, 0.1) is 5.82 Å². The normalized spacial score (nSPS) is 13.5. The minimum atomic E-state index is -3.90. The van der Waals surface area contributed by atoms with Crippen molar-refractivity contribution >= 4 is 21.6 Å². The summed E-state index contributed by atoms with van der Waals surface area (Å²) in [5.41, 5.74) is 0.222. The molecule has 108 valence electrons. The van der Waals surface area contributed by atoms with Crippen LogP contribution >= 0.6 is 11.6 Å². The summed E-state index contributed by atoms with van der Waals surface area (Å²) in [7, 11) is -2.26. The average molecular weight is 309 g/mol. The van der Waals surface area contributed by atoms with Gasteiger partial charge in [0.1, 0.15) is 10.7 Å². The molecule has 1 atom stereocenters. The van der Waals surface area contributed by atoms with Gasteiger partial charge in [-0.25, -0.2) is 17.5 Å². The van der Waals surface area contributed by atoms with Gasteiger partial charge in [0, 0.05) is 23.2 Å². The third-order valence-corrected chi connectivity index (χ3v) is 4.51. The van der Waals surface area contributed by atoms with Gasteiger partial charge in [-0.15, -0.1) is 0 Å². The number of nitrogens with one attached hydrogen (secondary N) is 2. The van der Waals surface area contributed by atoms with Gasteiger partial charge in [0.2, 0.25) is 10.0 Å². The largest absolute Gasteiger partial charge is 0.316 e. The molecule has 0 saturated carbocycles. The highest BCUT2D eigenvalue weighted by molar-refractivity contribution is 7.89. The van der Waals surface area contributed by atoms with E-state index in [1.54, 1.807) is 14.0 Å². The van der Waals surface area contributed by atoms with Gasteiger partial charge in [-0.1, -0.05) is 18.5 Å². The van der Waals surface area contributed by atoms with Gasteiger partial charge < -0.3 is 5.32 Å². The van der Waals surface area contributed by atoms with E-state index < -0.39 is 20.7 Å².